The lowest BCUT2D eigenvalue weighted by atomic mass is 10.2. The van der Waals surface area contributed by atoms with Crippen LogP contribution >= 0.6 is 15.9 Å². The molecule has 0 unspecified atom stereocenters. The van der Waals surface area contributed by atoms with Gasteiger partial charge in [0.1, 0.15) is 4.60 Å². The summed E-state index contributed by atoms with van der Waals surface area (Å²) >= 11 is 3.39. The van der Waals surface area contributed by atoms with Crippen molar-refractivity contribution in [1.82, 2.24) is 4.98 Å². The standard InChI is InChI=1S/C12H15BrN2O/c1-9-5-11(7-15-12(9)13)14-6-10-3-2-4-16-8-10/h3,5,7,14H,2,4,6,8H2,1H3. The number of hydrogen-bond acceptors (Lipinski definition) is 3. The summed E-state index contributed by atoms with van der Waals surface area (Å²) in [6, 6.07) is 2.08. The number of nitrogens with zero attached hydrogens (tertiary/aromatic N) is 1. The molecule has 1 N–H and O–H groups in total. The number of pyridine rings is 1. The highest BCUT2D eigenvalue weighted by Gasteiger charge is 2.04. The molecule has 0 atom stereocenters. The lowest BCUT2D eigenvalue weighted by Gasteiger charge is -2.15. The molecule has 0 fully saturated rings. The van der Waals surface area contributed by atoms with Crippen LogP contribution in [0.5, 0.6) is 0 Å². The first-order chi connectivity index (χ1) is 7.75. The van der Waals surface area contributed by atoms with Gasteiger partial charge in [-0.25, -0.2) is 4.98 Å². The van der Waals surface area contributed by atoms with Crippen molar-refractivity contribution < 1.29 is 4.74 Å². The van der Waals surface area contributed by atoms with Crippen LogP contribution in [0.4, 0.5) is 5.69 Å². The van der Waals surface area contributed by atoms with Crippen molar-refractivity contribution in [1.29, 1.82) is 0 Å². The molecule has 1 aliphatic rings. The Morgan fingerprint density at radius 3 is 3.12 bits per heavy atom. The van der Waals surface area contributed by atoms with E-state index in [4.69, 9.17) is 4.74 Å². The molecule has 0 amide bonds. The summed E-state index contributed by atoms with van der Waals surface area (Å²) < 4.78 is 6.28. The van der Waals surface area contributed by atoms with E-state index in [-0.39, 0.29) is 0 Å². The number of hydrogen-bond donors (Lipinski definition) is 1. The fourth-order valence-corrected chi connectivity index (χ4v) is 1.82. The first kappa shape index (κ1) is 11.6. The maximum Gasteiger partial charge on any atom is 0.109 e. The minimum Gasteiger partial charge on any atom is -0.380 e. The zero-order valence-corrected chi connectivity index (χ0v) is 10.9. The van der Waals surface area contributed by atoms with Crippen LogP contribution in [0.1, 0.15) is 12.0 Å². The van der Waals surface area contributed by atoms with Crippen LogP contribution in [0.25, 0.3) is 0 Å². The molecule has 1 aromatic heterocycles. The molecule has 0 saturated carbocycles. The molecule has 2 rings (SSSR count). The van der Waals surface area contributed by atoms with Gasteiger partial charge in [0, 0.05) is 6.54 Å². The third-order valence-electron chi connectivity index (χ3n) is 2.52. The summed E-state index contributed by atoms with van der Waals surface area (Å²) in [6.45, 7) is 4.46. The van der Waals surface area contributed by atoms with Gasteiger partial charge in [-0.2, -0.15) is 0 Å². The van der Waals surface area contributed by atoms with Gasteiger partial charge in [-0.05, 0) is 46.5 Å². The Morgan fingerprint density at radius 1 is 1.56 bits per heavy atom. The summed E-state index contributed by atoms with van der Waals surface area (Å²) in [7, 11) is 0. The normalized spacial score (nSPS) is 15.8. The smallest absolute Gasteiger partial charge is 0.109 e. The quantitative estimate of drug-likeness (QED) is 0.684. The highest BCUT2D eigenvalue weighted by Crippen LogP contribution is 2.17. The minimum absolute atomic E-state index is 0.746. The molecule has 0 radical (unpaired) electrons. The lowest BCUT2D eigenvalue weighted by Crippen LogP contribution is -2.14. The first-order valence-corrected chi connectivity index (χ1v) is 6.16. The van der Waals surface area contributed by atoms with Crippen LogP contribution in [-0.2, 0) is 4.74 Å². The second kappa shape index (κ2) is 5.46. The van der Waals surface area contributed by atoms with Crippen molar-refractivity contribution in [2.45, 2.75) is 13.3 Å². The largest absolute Gasteiger partial charge is 0.380 e. The third kappa shape index (κ3) is 3.06. The SMILES string of the molecule is Cc1cc(NCC2=CCCOC2)cnc1Br. The number of aromatic nitrogens is 1. The van der Waals surface area contributed by atoms with Crippen LogP contribution in [0, 0.1) is 6.92 Å². The van der Waals surface area contributed by atoms with E-state index in [1.807, 2.05) is 13.1 Å². The van der Waals surface area contributed by atoms with Crippen molar-refractivity contribution in [3.63, 3.8) is 0 Å². The molecule has 0 aromatic carbocycles. The molecule has 4 heteroatoms. The summed E-state index contributed by atoms with van der Waals surface area (Å²) in [6.07, 6.45) is 5.10. The molecule has 1 aliphatic heterocycles. The van der Waals surface area contributed by atoms with Gasteiger partial charge >= 0.3 is 0 Å². The highest BCUT2D eigenvalue weighted by molar-refractivity contribution is 9.10. The number of ether oxygens (including phenoxy) is 1. The second-order valence-corrected chi connectivity index (χ2v) is 4.64. The predicted octanol–water partition coefficient (Wildman–Crippen LogP) is 2.91. The van der Waals surface area contributed by atoms with E-state index in [0.29, 0.717) is 0 Å². The predicted molar refractivity (Wildman–Crippen MR) is 68.7 cm³/mol. The average Bonchev–Trinajstić information content (AvgIpc) is 2.32. The first-order valence-electron chi connectivity index (χ1n) is 5.37. The van der Waals surface area contributed by atoms with Crippen LogP contribution in [0.2, 0.25) is 0 Å². The maximum absolute atomic E-state index is 5.38. The molecule has 3 nitrogen and oxygen atoms in total. The molecule has 0 aliphatic carbocycles. The van der Waals surface area contributed by atoms with Gasteiger partial charge in [-0.1, -0.05) is 6.08 Å². The van der Waals surface area contributed by atoms with Gasteiger partial charge in [0.05, 0.1) is 25.1 Å². The van der Waals surface area contributed by atoms with E-state index in [1.165, 1.54) is 5.57 Å². The molecule has 0 saturated heterocycles. The summed E-state index contributed by atoms with van der Waals surface area (Å²) in [5.41, 5.74) is 3.50. The van der Waals surface area contributed by atoms with Crippen LogP contribution in [0.15, 0.2) is 28.5 Å². The molecule has 1 aromatic rings. The van der Waals surface area contributed by atoms with Crippen LogP contribution < -0.4 is 5.32 Å². The zero-order chi connectivity index (χ0) is 11.4. The number of halogens is 1. The van der Waals surface area contributed by atoms with E-state index >= 15 is 0 Å². The fraction of sp³-hybridized carbons (Fsp3) is 0.417. The lowest BCUT2D eigenvalue weighted by molar-refractivity contribution is 0.150. The van der Waals surface area contributed by atoms with E-state index in [0.717, 1.165) is 42.0 Å². The minimum atomic E-state index is 0.746. The topological polar surface area (TPSA) is 34.1 Å². The Labute approximate surface area is 104 Å². The highest BCUT2D eigenvalue weighted by atomic mass is 79.9. The number of aryl methyl sites for hydroxylation is 1. The summed E-state index contributed by atoms with van der Waals surface area (Å²) in [5, 5.41) is 3.35. The van der Waals surface area contributed by atoms with E-state index in [2.05, 4.69) is 38.4 Å². The van der Waals surface area contributed by atoms with E-state index < -0.39 is 0 Å². The van der Waals surface area contributed by atoms with Crippen LogP contribution in [0.3, 0.4) is 0 Å². The molecule has 0 spiro atoms. The van der Waals surface area contributed by atoms with Gasteiger partial charge < -0.3 is 10.1 Å². The van der Waals surface area contributed by atoms with Gasteiger partial charge in [0.15, 0.2) is 0 Å². The Kier molecular flexibility index (Phi) is 3.96. The number of nitrogens with one attached hydrogen (secondary N) is 1. The summed E-state index contributed by atoms with van der Waals surface area (Å²) in [5.74, 6) is 0. The zero-order valence-electron chi connectivity index (χ0n) is 9.29. The Hall–Kier alpha value is -0.870. The Morgan fingerprint density at radius 2 is 2.44 bits per heavy atom. The molecular weight excluding hydrogens is 268 g/mol. The average molecular weight is 283 g/mol. The third-order valence-corrected chi connectivity index (χ3v) is 3.35. The van der Waals surface area contributed by atoms with Crippen molar-refractivity contribution >= 4 is 21.6 Å². The van der Waals surface area contributed by atoms with Gasteiger partial charge in [-0.15, -0.1) is 0 Å². The summed E-state index contributed by atoms with van der Waals surface area (Å²) in [4.78, 5) is 4.25. The van der Waals surface area contributed by atoms with Gasteiger partial charge in [0.2, 0.25) is 0 Å². The van der Waals surface area contributed by atoms with Crippen molar-refractivity contribution in [3.8, 4) is 0 Å². The molecule has 0 bridgehead atoms. The molecule has 2 heterocycles. The van der Waals surface area contributed by atoms with Crippen molar-refractivity contribution in [2.75, 3.05) is 25.1 Å². The molecule has 16 heavy (non-hydrogen) atoms. The fourth-order valence-electron chi connectivity index (χ4n) is 1.60. The maximum atomic E-state index is 5.38. The van der Waals surface area contributed by atoms with Crippen molar-refractivity contribution in [2.24, 2.45) is 0 Å². The van der Waals surface area contributed by atoms with Crippen LogP contribution in [-0.4, -0.2) is 24.7 Å². The van der Waals surface area contributed by atoms with Gasteiger partial charge in [-0.3, -0.25) is 0 Å². The van der Waals surface area contributed by atoms with E-state index in [1.54, 1.807) is 0 Å². The molecular formula is C12H15BrN2O. The Bertz CT molecular complexity index is 404. The molecule has 86 valence electrons. The monoisotopic (exact) mass is 282 g/mol. The second-order valence-electron chi connectivity index (χ2n) is 3.89. The Balaban J connectivity index is 1.94. The van der Waals surface area contributed by atoms with Gasteiger partial charge in [0.25, 0.3) is 0 Å². The van der Waals surface area contributed by atoms with Crippen molar-refractivity contribution in [3.05, 3.63) is 34.1 Å². The van der Waals surface area contributed by atoms with E-state index in [9.17, 15) is 0 Å². The number of anilines is 1. The number of rotatable bonds is 3.